The molecule has 2 N–H and O–H groups in total. The molecule has 2 amide bonds. The van der Waals surface area contributed by atoms with Crippen molar-refractivity contribution in [3.05, 3.63) is 59.7 Å². The van der Waals surface area contributed by atoms with E-state index in [0.29, 0.717) is 5.17 Å². The van der Waals surface area contributed by atoms with Crippen molar-refractivity contribution < 1.29 is 9.59 Å². The molecule has 1 fully saturated rings. The number of anilines is 1. The maximum atomic E-state index is 12.2. The fourth-order valence-corrected chi connectivity index (χ4v) is 3.47. The first kappa shape index (κ1) is 17.2. The zero-order chi connectivity index (χ0) is 17.8. The van der Waals surface area contributed by atoms with E-state index in [4.69, 9.17) is 0 Å². The first-order chi connectivity index (χ1) is 12.0. The number of thioether (sulfide) groups is 1. The number of hydrogen-bond donors (Lipinski definition) is 2. The first-order valence-electron chi connectivity index (χ1n) is 7.99. The van der Waals surface area contributed by atoms with Gasteiger partial charge in [-0.25, -0.2) is 4.99 Å². The summed E-state index contributed by atoms with van der Waals surface area (Å²) in [4.78, 5) is 28.8. The van der Waals surface area contributed by atoms with Crippen LogP contribution >= 0.6 is 11.8 Å². The summed E-state index contributed by atoms with van der Waals surface area (Å²) in [7, 11) is 0. The Morgan fingerprint density at radius 3 is 2.76 bits per heavy atom. The van der Waals surface area contributed by atoms with Gasteiger partial charge < -0.3 is 10.6 Å². The Kier molecular flexibility index (Phi) is 5.19. The molecule has 1 aliphatic heterocycles. The van der Waals surface area contributed by atoms with Gasteiger partial charge in [0.15, 0.2) is 5.17 Å². The third kappa shape index (κ3) is 4.48. The number of para-hydroxylation sites is 1. The summed E-state index contributed by atoms with van der Waals surface area (Å²) in [6, 6.07) is 15.3. The fraction of sp³-hybridized carbons (Fsp3) is 0.211. The third-order valence-electron chi connectivity index (χ3n) is 3.79. The van der Waals surface area contributed by atoms with E-state index in [-0.39, 0.29) is 18.2 Å². The molecular formula is C19H19N3O2S. The van der Waals surface area contributed by atoms with Crippen LogP contribution in [0.5, 0.6) is 0 Å². The Hall–Kier alpha value is -2.60. The van der Waals surface area contributed by atoms with Crippen LogP contribution in [-0.2, 0) is 9.59 Å². The fourth-order valence-electron chi connectivity index (χ4n) is 2.49. The predicted molar refractivity (Wildman–Crippen MR) is 102 cm³/mol. The monoisotopic (exact) mass is 353 g/mol. The van der Waals surface area contributed by atoms with Crippen molar-refractivity contribution in [1.82, 2.24) is 5.32 Å². The highest BCUT2D eigenvalue weighted by Crippen LogP contribution is 2.26. The minimum absolute atomic E-state index is 0.108. The van der Waals surface area contributed by atoms with Crippen LogP contribution in [0.3, 0.4) is 0 Å². The van der Waals surface area contributed by atoms with E-state index in [2.05, 4.69) is 15.6 Å². The smallest absolute Gasteiger partial charge is 0.240 e. The van der Waals surface area contributed by atoms with Gasteiger partial charge in [-0.2, -0.15) is 0 Å². The van der Waals surface area contributed by atoms with Gasteiger partial charge in [0.05, 0.1) is 5.69 Å². The van der Waals surface area contributed by atoms with E-state index in [9.17, 15) is 9.59 Å². The zero-order valence-electron chi connectivity index (χ0n) is 14.1. The number of amides is 2. The number of nitrogens with zero attached hydrogens (tertiary/aromatic N) is 1. The van der Waals surface area contributed by atoms with Gasteiger partial charge in [0.2, 0.25) is 11.8 Å². The second-order valence-electron chi connectivity index (χ2n) is 5.92. The van der Waals surface area contributed by atoms with Crippen molar-refractivity contribution in [2.45, 2.75) is 25.5 Å². The molecular weight excluding hydrogens is 334 g/mol. The van der Waals surface area contributed by atoms with Gasteiger partial charge in [0.25, 0.3) is 0 Å². The number of carbonyl (C=O) groups is 2. The van der Waals surface area contributed by atoms with Gasteiger partial charge >= 0.3 is 0 Å². The number of carbonyl (C=O) groups excluding carboxylic acids is 2. The Bertz CT molecular complexity index is 848. The molecule has 2 aromatic rings. The number of hydrogen-bond acceptors (Lipinski definition) is 4. The van der Waals surface area contributed by atoms with Crippen LogP contribution in [0.25, 0.3) is 0 Å². The summed E-state index contributed by atoms with van der Waals surface area (Å²) in [5.74, 6) is -0.368. The van der Waals surface area contributed by atoms with Gasteiger partial charge in [-0.1, -0.05) is 42.1 Å². The highest BCUT2D eigenvalue weighted by molar-refractivity contribution is 8.15. The van der Waals surface area contributed by atoms with E-state index in [1.807, 2.05) is 62.4 Å². The van der Waals surface area contributed by atoms with E-state index in [1.165, 1.54) is 11.8 Å². The second-order valence-corrected chi connectivity index (χ2v) is 7.11. The summed E-state index contributed by atoms with van der Waals surface area (Å²) in [5.41, 5.74) is 3.65. The second kappa shape index (κ2) is 7.53. The van der Waals surface area contributed by atoms with E-state index >= 15 is 0 Å². The molecule has 0 spiro atoms. The molecule has 3 rings (SSSR count). The molecule has 5 nitrogen and oxygen atoms in total. The lowest BCUT2D eigenvalue weighted by atomic mass is 10.2. The van der Waals surface area contributed by atoms with E-state index < -0.39 is 5.25 Å². The molecule has 0 unspecified atom stereocenters. The van der Waals surface area contributed by atoms with Crippen molar-refractivity contribution in [2.24, 2.45) is 4.99 Å². The first-order valence-corrected chi connectivity index (χ1v) is 8.87. The molecule has 1 heterocycles. The highest BCUT2D eigenvalue weighted by Gasteiger charge is 2.32. The Morgan fingerprint density at radius 1 is 1.20 bits per heavy atom. The minimum Gasteiger partial charge on any atom is -0.326 e. The minimum atomic E-state index is -0.465. The third-order valence-corrected chi connectivity index (χ3v) is 4.87. The molecule has 2 aromatic carbocycles. The van der Waals surface area contributed by atoms with Gasteiger partial charge in [-0.3, -0.25) is 9.59 Å². The van der Waals surface area contributed by atoms with Crippen molar-refractivity contribution >= 4 is 40.1 Å². The van der Waals surface area contributed by atoms with Gasteiger partial charge in [0.1, 0.15) is 5.25 Å². The molecule has 1 aliphatic rings. The van der Waals surface area contributed by atoms with Gasteiger partial charge in [0, 0.05) is 12.1 Å². The lowest BCUT2D eigenvalue weighted by Crippen LogP contribution is -2.28. The van der Waals surface area contributed by atoms with E-state index in [1.54, 1.807) is 0 Å². The van der Waals surface area contributed by atoms with Crippen LogP contribution in [-0.4, -0.2) is 22.2 Å². The maximum absolute atomic E-state index is 12.2. The molecule has 1 atom stereocenters. The topological polar surface area (TPSA) is 70.6 Å². The van der Waals surface area contributed by atoms with Gasteiger partial charge in [-0.15, -0.1) is 0 Å². The molecule has 0 aromatic heterocycles. The van der Waals surface area contributed by atoms with Crippen molar-refractivity contribution in [1.29, 1.82) is 0 Å². The number of benzene rings is 2. The highest BCUT2D eigenvalue weighted by atomic mass is 32.2. The van der Waals surface area contributed by atoms with Crippen LogP contribution in [0.2, 0.25) is 0 Å². The molecule has 0 radical (unpaired) electrons. The number of rotatable bonds is 4. The Labute approximate surface area is 150 Å². The SMILES string of the molecule is Cc1cccc(NC(=O)C[C@H]2SC(=Nc3ccccc3C)NC2=O)c1. The lowest BCUT2D eigenvalue weighted by molar-refractivity contribution is -0.122. The maximum Gasteiger partial charge on any atom is 0.240 e. The number of aliphatic imine (C=N–C) groups is 1. The van der Waals surface area contributed by atoms with Crippen molar-refractivity contribution in [3.8, 4) is 0 Å². The van der Waals surface area contributed by atoms with Crippen LogP contribution in [0, 0.1) is 13.8 Å². The van der Waals surface area contributed by atoms with Crippen LogP contribution in [0.1, 0.15) is 17.5 Å². The Morgan fingerprint density at radius 2 is 2.00 bits per heavy atom. The Balaban J connectivity index is 1.63. The van der Waals surface area contributed by atoms with Crippen molar-refractivity contribution in [3.63, 3.8) is 0 Å². The number of aryl methyl sites for hydroxylation is 2. The molecule has 0 aliphatic carbocycles. The van der Waals surface area contributed by atoms with E-state index in [0.717, 1.165) is 22.5 Å². The molecule has 25 heavy (non-hydrogen) atoms. The standard InChI is InChI=1S/C19H19N3O2S/c1-12-6-5-8-14(10-12)20-17(23)11-16-18(24)22-19(25-16)21-15-9-4-3-7-13(15)2/h3-10,16H,11H2,1-2H3,(H,20,23)(H,21,22,24)/t16-/m1/s1. The van der Waals surface area contributed by atoms with Crippen molar-refractivity contribution in [2.75, 3.05) is 5.32 Å². The summed E-state index contributed by atoms with van der Waals surface area (Å²) in [5, 5.41) is 5.65. The molecule has 1 saturated heterocycles. The number of nitrogens with one attached hydrogen (secondary N) is 2. The van der Waals surface area contributed by atoms with Crippen LogP contribution in [0.4, 0.5) is 11.4 Å². The number of amidine groups is 1. The average Bonchev–Trinajstić information content (AvgIpc) is 2.89. The summed E-state index contributed by atoms with van der Waals surface area (Å²) in [6.45, 7) is 3.93. The quantitative estimate of drug-likeness (QED) is 0.883. The summed E-state index contributed by atoms with van der Waals surface area (Å²) in [6.07, 6.45) is 0.108. The molecule has 128 valence electrons. The molecule has 0 bridgehead atoms. The molecule has 6 heteroatoms. The normalized spacial score (nSPS) is 18.2. The summed E-state index contributed by atoms with van der Waals surface area (Å²) < 4.78 is 0. The van der Waals surface area contributed by atoms with Crippen LogP contribution < -0.4 is 10.6 Å². The zero-order valence-corrected chi connectivity index (χ0v) is 14.9. The van der Waals surface area contributed by atoms with Gasteiger partial charge in [-0.05, 0) is 43.2 Å². The van der Waals surface area contributed by atoms with Crippen LogP contribution in [0.15, 0.2) is 53.5 Å². The largest absolute Gasteiger partial charge is 0.326 e. The molecule has 0 saturated carbocycles. The predicted octanol–water partition coefficient (Wildman–Crippen LogP) is 3.55. The summed E-state index contributed by atoms with van der Waals surface area (Å²) >= 11 is 1.29. The average molecular weight is 353 g/mol. The lowest BCUT2D eigenvalue weighted by Gasteiger charge is -2.08.